The molecule has 5 rings (SSSR count). The normalized spacial score (nSPS) is 36.1. The van der Waals surface area contributed by atoms with Crippen LogP contribution in [-0.4, -0.2) is 88.9 Å². The van der Waals surface area contributed by atoms with Crippen molar-refractivity contribution in [1.29, 1.82) is 0 Å². The lowest BCUT2D eigenvalue weighted by molar-refractivity contribution is -0.205. The number of amides is 1. The summed E-state index contributed by atoms with van der Waals surface area (Å²) >= 11 is 1.38. The monoisotopic (exact) mass is 665 g/mol. The second-order valence-corrected chi connectivity index (χ2v) is 15.7. The number of rotatable bonds is 7. The maximum absolute atomic E-state index is 13.6. The Kier molecular flexibility index (Phi) is 10.3. The van der Waals surface area contributed by atoms with Gasteiger partial charge in [-0.15, -0.1) is 23.4 Å². The third-order valence-electron chi connectivity index (χ3n) is 12.2. The number of hydrogen-bond acceptors (Lipinski definition) is 8. The summed E-state index contributed by atoms with van der Waals surface area (Å²) in [5.41, 5.74) is 5.44. The molecule has 256 valence electrons. The van der Waals surface area contributed by atoms with Crippen LogP contribution in [0.15, 0.2) is 52.0 Å². The Labute approximate surface area is 283 Å². The van der Waals surface area contributed by atoms with Crippen molar-refractivity contribution in [2.24, 2.45) is 49.9 Å². The van der Waals surface area contributed by atoms with Crippen molar-refractivity contribution in [1.82, 2.24) is 9.80 Å². The van der Waals surface area contributed by atoms with Gasteiger partial charge in [0.25, 0.3) is 0 Å². The number of thioether (sulfide) groups is 1. The number of ketones is 1. The highest BCUT2D eigenvalue weighted by molar-refractivity contribution is 8.00. The molecule has 2 bridgehead atoms. The first-order chi connectivity index (χ1) is 22.2. The van der Waals surface area contributed by atoms with Crippen LogP contribution in [0.3, 0.4) is 0 Å². The first-order valence-electron chi connectivity index (χ1n) is 16.9. The van der Waals surface area contributed by atoms with Gasteiger partial charge in [0, 0.05) is 61.2 Å². The van der Waals surface area contributed by atoms with Gasteiger partial charge in [-0.05, 0) is 60.6 Å². The molecule has 3 N–H and O–H groups in total. The molecular weight excluding hydrogens is 614 g/mol. The Morgan fingerprint density at radius 1 is 1.17 bits per heavy atom. The van der Waals surface area contributed by atoms with Gasteiger partial charge in [-0.3, -0.25) is 14.4 Å². The number of aliphatic hydroxyl groups is 1. The van der Waals surface area contributed by atoms with E-state index in [0.717, 1.165) is 29.7 Å². The SMILES string of the molecule is C=C[C@]1(C)C[C@@H](OC(=O)CSc2cccc(C=NN=C(N)N3CCN(C(C)=O)CC3)c2)[C@]2(C)C(C)CCC3(CCC(=O)C32)[C@@H](C)[C@@H]1O. The Morgan fingerprint density at radius 3 is 2.55 bits per heavy atom. The molecule has 1 aromatic carbocycles. The number of esters is 1. The number of piperazine rings is 1. The van der Waals surface area contributed by atoms with Crippen molar-refractivity contribution >= 4 is 41.6 Å². The van der Waals surface area contributed by atoms with Crippen molar-refractivity contribution < 1.29 is 24.2 Å². The summed E-state index contributed by atoms with van der Waals surface area (Å²) in [5, 5.41) is 20.1. The lowest BCUT2D eigenvalue weighted by atomic mass is 9.44. The summed E-state index contributed by atoms with van der Waals surface area (Å²) in [7, 11) is 0. The minimum atomic E-state index is -0.692. The smallest absolute Gasteiger partial charge is 0.316 e. The Morgan fingerprint density at radius 2 is 1.87 bits per heavy atom. The number of Topliss-reactive ketones (excluding diaryl/α,β-unsaturated/α-hetero) is 1. The third-order valence-corrected chi connectivity index (χ3v) is 13.2. The van der Waals surface area contributed by atoms with Gasteiger partial charge >= 0.3 is 5.97 Å². The molecule has 3 unspecified atom stereocenters. The molecular formula is C36H51N5O5S. The summed E-state index contributed by atoms with van der Waals surface area (Å²) in [4.78, 5) is 43.3. The van der Waals surface area contributed by atoms with Crippen LogP contribution in [0.25, 0.3) is 0 Å². The summed E-state index contributed by atoms with van der Waals surface area (Å²) in [6.45, 7) is 16.5. The molecule has 3 saturated carbocycles. The second kappa shape index (κ2) is 13.7. The van der Waals surface area contributed by atoms with Crippen molar-refractivity contribution in [2.45, 2.75) is 83.8 Å². The second-order valence-electron chi connectivity index (χ2n) is 14.6. The molecule has 0 aromatic heterocycles. The molecule has 8 atom stereocenters. The summed E-state index contributed by atoms with van der Waals surface area (Å²) in [6.07, 6.45) is 5.76. The molecule has 4 aliphatic rings. The fourth-order valence-corrected chi connectivity index (χ4v) is 9.74. The zero-order valence-electron chi connectivity index (χ0n) is 28.5. The van der Waals surface area contributed by atoms with Crippen LogP contribution in [0, 0.1) is 34.0 Å². The van der Waals surface area contributed by atoms with Crippen LogP contribution in [0.5, 0.6) is 0 Å². The van der Waals surface area contributed by atoms with Crippen LogP contribution in [-0.2, 0) is 19.1 Å². The van der Waals surface area contributed by atoms with E-state index in [1.165, 1.54) is 11.8 Å². The van der Waals surface area contributed by atoms with Gasteiger partial charge in [0.15, 0.2) is 0 Å². The van der Waals surface area contributed by atoms with Crippen LogP contribution >= 0.6 is 11.8 Å². The molecule has 11 heteroatoms. The molecule has 1 aromatic rings. The largest absolute Gasteiger partial charge is 0.461 e. The summed E-state index contributed by atoms with van der Waals surface area (Å²) < 4.78 is 6.39. The molecule has 0 spiro atoms. The van der Waals surface area contributed by atoms with E-state index < -0.39 is 23.0 Å². The minimum absolute atomic E-state index is 0.0546. The van der Waals surface area contributed by atoms with E-state index in [1.54, 1.807) is 18.0 Å². The van der Waals surface area contributed by atoms with Gasteiger partial charge in [0.2, 0.25) is 11.9 Å². The quantitative estimate of drug-likeness (QED) is 0.109. The van der Waals surface area contributed by atoms with Crippen LogP contribution in [0.2, 0.25) is 0 Å². The van der Waals surface area contributed by atoms with Gasteiger partial charge < -0.3 is 25.4 Å². The van der Waals surface area contributed by atoms with E-state index in [0.29, 0.717) is 45.0 Å². The van der Waals surface area contributed by atoms with Crippen molar-refractivity contribution in [3.05, 3.63) is 42.5 Å². The number of nitrogens with two attached hydrogens (primary N) is 1. The number of guanidine groups is 1. The Balaban J connectivity index is 1.27. The van der Waals surface area contributed by atoms with Gasteiger partial charge in [0.05, 0.1) is 18.1 Å². The van der Waals surface area contributed by atoms with Crippen molar-refractivity contribution in [2.75, 3.05) is 31.9 Å². The van der Waals surface area contributed by atoms with E-state index in [1.807, 2.05) is 42.2 Å². The topological polar surface area (TPSA) is 138 Å². The predicted molar refractivity (Wildman–Crippen MR) is 185 cm³/mol. The maximum atomic E-state index is 13.6. The summed E-state index contributed by atoms with van der Waals surface area (Å²) in [5.74, 6) is 0.234. The molecule has 10 nitrogen and oxygen atoms in total. The molecule has 1 amide bonds. The molecule has 1 aliphatic heterocycles. The zero-order valence-corrected chi connectivity index (χ0v) is 29.3. The molecule has 0 radical (unpaired) electrons. The molecule has 1 saturated heterocycles. The standard InChI is InChI=1S/C36H51N5O5S/c1-7-34(5)20-29(35(6)23(2)11-13-36(24(3)32(34)45)14-12-28(43)31(35)36)46-30(44)22-47-27-10-8-9-26(19-27)21-38-39-33(37)41-17-15-40(16-18-41)25(4)42/h7-10,19,21,23-24,29,31-32,45H,1,11-18,20,22H2,2-6H3,(H2,37,39)/t23?,24-,29+,31?,32-,34+,35-,36?/m0/s1. The van der Waals surface area contributed by atoms with E-state index in [-0.39, 0.29) is 46.6 Å². The van der Waals surface area contributed by atoms with Gasteiger partial charge in [-0.2, -0.15) is 5.10 Å². The molecule has 1 heterocycles. The minimum Gasteiger partial charge on any atom is -0.461 e. The Hall–Kier alpha value is -3.18. The highest BCUT2D eigenvalue weighted by Crippen LogP contribution is 2.68. The summed E-state index contributed by atoms with van der Waals surface area (Å²) in [6, 6.07) is 7.65. The van der Waals surface area contributed by atoms with E-state index in [4.69, 9.17) is 10.5 Å². The van der Waals surface area contributed by atoms with Crippen molar-refractivity contribution in [3.63, 3.8) is 0 Å². The number of carbonyl (C=O) groups excluding carboxylic acids is 3. The first-order valence-corrected chi connectivity index (χ1v) is 17.9. The first kappa shape index (κ1) is 35.1. The van der Waals surface area contributed by atoms with Crippen LogP contribution in [0.1, 0.15) is 72.3 Å². The lowest BCUT2D eigenvalue weighted by Gasteiger charge is -2.61. The van der Waals surface area contributed by atoms with E-state index >= 15 is 0 Å². The third kappa shape index (κ3) is 6.62. The van der Waals surface area contributed by atoms with E-state index in [9.17, 15) is 19.5 Å². The number of carbonyl (C=O) groups is 3. The van der Waals surface area contributed by atoms with Crippen molar-refractivity contribution in [3.8, 4) is 0 Å². The van der Waals surface area contributed by atoms with Crippen LogP contribution < -0.4 is 5.73 Å². The van der Waals surface area contributed by atoms with Crippen LogP contribution in [0.4, 0.5) is 0 Å². The number of ether oxygens (including phenoxy) is 1. The number of nitrogens with zero attached hydrogens (tertiary/aromatic N) is 4. The van der Waals surface area contributed by atoms with Gasteiger partial charge in [0.1, 0.15) is 11.9 Å². The molecule has 4 fully saturated rings. The highest BCUT2D eigenvalue weighted by atomic mass is 32.2. The number of aliphatic hydroxyl groups excluding tert-OH is 1. The highest BCUT2D eigenvalue weighted by Gasteiger charge is 2.68. The van der Waals surface area contributed by atoms with E-state index in [2.05, 4.69) is 37.6 Å². The number of benzene rings is 1. The molecule has 47 heavy (non-hydrogen) atoms. The average molecular weight is 666 g/mol. The lowest BCUT2D eigenvalue weighted by Crippen LogP contribution is -2.63. The molecule has 3 aliphatic carbocycles. The van der Waals surface area contributed by atoms with Gasteiger partial charge in [-0.1, -0.05) is 45.9 Å². The maximum Gasteiger partial charge on any atom is 0.316 e. The fourth-order valence-electron chi connectivity index (χ4n) is 8.99. The number of hydrogen-bond donors (Lipinski definition) is 2. The average Bonchev–Trinajstić information content (AvgIpc) is 3.42. The fraction of sp³-hybridized carbons (Fsp3) is 0.639. The Bertz CT molecular complexity index is 1440. The zero-order chi connectivity index (χ0) is 34.1. The predicted octanol–water partition coefficient (Wildman–Crippen LogP) is 4.50. The van der Waals surface area contributed by atoms with Gasteiger partial charge in [-0.25, -0.2) is 0 Å².